The van der Waals surface area contributed by atoms with Gasteiger partial charge in [0.2, 0.25) is 5.91 Å². The molecule has 4 aromatic rings. The Morgan fingerprint density at radius 2 is 1.72 bits per heavy atom. The summed E-state index contributed by atoms with van der Waals surface area (Å²) in [5.41, 5.74) is 7.39. The third kappa shape index (κ3) is 8.24. The van der Waals surface area contributed by atoms with Crippen molar-refractivity contribution in [3.63, 3.8) is 0 Å². The number of halogens is 2. The molecule has 12 heteroatoms. The summed E-state index contributed by atoms with van der Waals surface area (Å²) in [6.45, 7) is 3.64. The molecule has 2 fully saturated rings. The molecule has 1 saturated carbocycles. The van der Waals surface area contributed by atoms with E-state index >= 15 is 0 Å². The lowest BCUT2D eigenvalue weighted by molar-refractivity contribution is -0.116. The van der Waals surface area contributed by atoms with Crippen molar-refractivity contribution in [2.45, 2.75) is 44.6 Å². The van der Waals surface area contributed by atoms with Gasteiger partial charge in [-0.2, -0.15) is 0 Å². The molecule has 1 amide bonds. The largest absolute Gasteiger partial charge is 0.489 e. The first-order chi connectivity index (χ1) is 21.8. The molecule has 2 N–H and O–H groups in total. The number of carboxylic acids is 1. The fraction of sp³-hybridized carbons (Fsp3) is 0.429. The molecule has 1 aliphatic heterocycles. The Balaban J connectivity index is 0.00000250. The van der Waals surface area contributed by atoms with Crippen LogP contribution in [0.5, 0.6) is 5.75 Å². The summed E-state index contributed by atoms with van der Waals surface area (Å²) in [4.78, 5) is 28.8. The third-order valence-corrected chi connectivity index (χ3v) is 9.98. The average molecular weight is 704 g/mol. The van der Waals surface area contributed by atoms with Crippen molar-refractivity contribution in [1.82, 2.24) is 9.47 Å². The van der Waals surface area contributed by atoms with Crippen LogP contribution in [0.15, 0.2) is 48.5 Å². The van der Waals surface area contributed by atoms with E-state index in [0.29, 0.717) is 37.2 Å². The zero-order chi connectivity index (χ0) is 31.5. The van der Waals surface area contributed by atoms with Crippen LogP contribution in [0.25, 0.3) is 21.5 Å². The number of anilines is 2. The van der Waals surface area contributed by atoms with E-state index in [1.165, 1.54) is 41.9 Å². The topological polar surface area (TPSA) is 96.3 Å². The number of rotatable bonds is 10. The molecule has 0 radical (unpaired) electrons. The van der Waals surface area contributed by atoms with Gasteiger partial charge in [-0.3, -0.25) is 4.79 Å². The number of ether oxygens (including phenoxy) is 2. The number of nitrogens with zero attached hydrogens (tertiary/aromatic N) is 3. The smallest absolute Gasteiger partial charge is 0.345 e. The van der Waals surface area contributed by atoms with Gasteiger partial charge in [0, 0.05) is 37.1 Å². The summed E-state index contributed by atoms with van der Waals surface area (Å²) < 4.78 is 15.2. The van der Waals surface area contributed by atoms with Crippen LogP contribution in [0.4, 0.5) is 11.4 Å². The zero-order valence-electron chi connectivity index (χ0n) is 27.1. The van der Waals surface area contributed by atoms with Crippen molar-refractivity contribution in [3.8, 4) is 17.0 Å². The normalized spacial score (nSPS) is 15.3. The Kier molecular flexibility index (Phi) is 12.6. The van der Waals surface area contributed by atoms with Gasteiger partial charge in [-0.25, -0.2) is 4.79 Å². The Morgan fingerprint density at radius 1 is 1.02 bits per heavy atom. The van der Waals surface area contributed by atoms with Crippen LogP contribution in [0.3, 0.4) is 0 Å². The first-order valence-electron chi connectivity index (χ1n) is 15.8. The summed E-state index contributed by atoms with van der Waals surface area (Å²) in [6, 6.07) is 16.1. The number of thiophene rings is 1. The van der Waals surface area contributed by atoms with Crippen LogP contribution in [0.2, 0.25) is 0 Å². The molecule has 2 aliphatic rings. The molecule has 2 aromatic heterocycles. The number of nitrogens with one attached hydrogen (secondary N) is 1. The molecule has 9 nitrogen and oxygen atoms in total. The highest BCUT2D eigenvalue weighted by Crippen LogP contribution is 2.46. The van der Waals surface area contributed by atoms with Crippen LogP contribution in [0, 0.1) is 0 Å². The summed E-state index contributed by atoms with van der Waals surface area (Å²) in [5, 5.41) is 12.7. The maximum Gasteiger partial charge on any atom is 0.345 e. The van der Waals surface area contributed by atoms with E-state index in [4.69, 9.17) is 9.47 Å². The van der Waals surface area contributed by atoms with E-state index in [-0.39, 0.29) is 30.7 Å². The number of morpholine rings is 1. The van der Waals surface area contributed by atoms with Crippen molar-refractivity contribution in [2.24, 2.45) is 7.05 Å². The first-order valence-corrected chi connectivity index (χ1v) is 16.6. The first kappa shape index (κ1) is 36.6. The van der Waals surface area contributed by atoms with Crippen LogP contribution in [0.1, 0.15) is 58.8 Å². The van der Waals surface area contributed by atoms with Crippen LogP contribution in [-0.4, -0.2) is 73.4 Å². The molecular weight excluding hydrogens is 659 g/mol. The number of carboxylic acid groups (broad SMARTS) is 1. The third-order valence-electron chi connectivity index (χ3n) is 8.83. The van der Waals surface area contributed by atoms with Gasteiger partial charge in [-0.15, -0.1) is 36.2 Å². The molecule has 6 rings (SSSR count). The van der Waals surface area contributed by atoms with Gasteiger partial charge in [-0.1, -0.05) is 19.3 Å². The van der Waals surface area contributed by atoms with E-state index < -0.39 is 5.97 Å². The summed E-state index contributed by atoms with van der Waals surface area (Å²) in [5.74, 6) is 0.260. The predicted molar refractivity (Wildman–Crippen MR) is 195 cm³/mol. The number of hydrogen-bond donors (Lipinski definition) is 2. The fourth-order valence-corrected chi connectivity index (χ4v) is 7.86. The highest BCUT2D eigenvalue weighted by atomic mass is 35.5. The monoisotopic (exact) mass is 702 g/mol. The van der Waals surface area contributed by atoms with Crippen molar-refractivity contribution in [1.29, 1.82) is 0 Å². The van der Waals surface area contributed by atoms with Crippen molar-refractivity contribution in [3.05, 3.63) is 64.5 Å². The van der Waals surface area contributed by atoms with E-state index in [2.05, 4.69) is 33.0 Å². The van der Waals surface area contributed by atoms with Gasteiger partial charge >= 0.3 is 5.97 Å². The van der Waals surface area contributed by atoms with Crippen LogP contribution in [-0.2, 0) is 23.2 Å². The number of carbonyl (C=O) groups is 2. The maximum absolute atomic E-state index is 12.4. The van der Waals surface area contributed by atoms with E-state index in [0.717, 1.165) is 64.4 Å². The second-order valence-electron chi connectivity index (χ2n) is 12.3. The maximum atomic E-state index is 12.4. The number of benzene rings is 2. The van der Waals surface area contributed by atoms with Crippen LogP contribution < -0.4 is 15.0 Å². The minimum Gasteiger partial charge on any atom is -0.489 e. The number of aromatic nitrogens is 1. The highest BCUT2D eigenvalue weighted by molar-refractivity contribution is 7.21. The van der Waals surface area contributed by atoms with Gasteiger partial charge in [0.05, 0.1) is 35.7 Å². The number of hydrogen-bond acceptors (Lipinski definition) is 7. The molecule has 2 aromatic carbocycles. The van der Waals surface area contributed by atoms with E-state index in [1.807, 2.05) is 56.4 Å². The second kappa shape index (κ2) is 16.2. The molecular formula is C35H44Cl2N4O5S. The zero-order valence-corrected chi connectivity index (χ0v) is 29.6. The van der Waals surface area contributed by atoms with Gasteiger partial charge in [0.25, 0.3) is 0 Å². The Bertz CT molecular complexity index is 1680. The molecule has 0 bridgehead atoms. The predicted octanol–water partition coefficient (Wildman–Crippen LogP) is 7.41. The fourth-order valence-electron chi connectivity index (χ4n) is 6.71. The van der Waals surface area contributed by atoms with E-state index in [9.17, 15) is 14.7 Å². The average Bonchev–Trinajstić information content (AvgIpc) is 3.59. The quantitative estimate of drug-likeness (QED) is 0.178. The minimum atomic E-state index is -0.868. The van der Waals surface area contributed by atoms with E-state index in [1.54, 1.807) is 0 Å². The van der Waals surface area contributed by atoms with Crippen molar-refractivity contribution < 1.29 is 24.2 Å². The Labute approximate surface area is 292 Å². The number of amides is 1. The van der Waals surface area contributed by atoms with Gasteiger partial charge in [-0.05, 0) is 92.5 Å². The molecule has 0 atom stereocenters. The number of aromatic carboxylic acids is 1. The summed E-state index contributed by atoms with van der Waals surface area (Å²) in [7, 11) is 5.79. The molecule has 1 saturated heterocycles. The number of likely N-dealkylation sites (N-methyl/N-ethyl adjacent to an activating group) is 1. The Morgan fingerprint density at radius 3 is 2.38 bits per heavy atom. The molecule has 47 heavy (non-hydrogen) atoms. The summed E-state index contributed by atoms with van der Waals surface area (Å²) in [6.07, 6.45) is 5.94. The lowest BCUT2D eigenvalue weighted by Crippen LogP contribution is -2.37. The second-order valence-corrected chi connectivity index (χ2v) is 13.4. The molecule has 1 aliphatic carbocycles. The summed E-state index contributed by atoms with van der Waals surface area (Å²) >= 11 is 1.40. The number of fused-ring (bicyclic) bond motifs is 1. The standard InChI is InChI=1S/C35H42N4O5S.2ClH/c1-37(2)21-31(40)36-26-11-14-28(39-15-17-43-18-16-39)25(19-26)22-44-27-12-9-24(10-13-27)33-32(23-7-5-4-6-8-23)34-29(38(33)3)20-30(45-34)35(41)42;;/h9-14,19-20,23H,4-8,15-18,21-22H2,1-3H3,(H,36,40)(H,41,42);2*1H. The lowest BCUT2D eigenvalue weighted by Gasteiger charge is -2.31. The Hall–Kier alpha value is -3.28. The molecule has 0 unspecified atom stereocenters. The van der Waals surface area contributed by atoms with Gasteiger partial charge in [0.15, 0.2) is 0 Å². The van der Waals surface area contributed by atoms with Gasteiger partial charge in [0.1, 0.15) is 17.2 Å². The molecule has 254 valence electrons. The lowest BCUT2D eigenvalue weighted by atomic mass is 9.83. The molecule has 3 heterocycles. The SMILES string of the molecule is CN(C)CC(=O)Nc1ccc(N2CCOCC2)c(COc2ccc(-c3c(C4CCCCC4)c4sc(C(=O)O)cc4n3C)cc2)c1.Cl.Cl. The van der Waals surface area contributed by atoms with Crippen LogP contribution >= 0.6 is 36.2 Å². The highest BCUT2D eigenvalue weighted by Gasteiger charge is 2.28. The van der Waals surface area contributed by atoms with Gasteiger partial charge < -0.3 is 34.3 Å². The number of carbonyl (C=O) groups excluding carboxylic acids is 1. The van der Waals surface area contributed by atoms with Crippen molar-refractivity contribution >= 4 is 69.6 Å². The molecule has 0 spiro atoms. The van der Waals surface area contributed by atoms with Crippen molar-refractivity contribution in [2.75, 3.05) is 57.2 Å². The minimum absolute atomic E-state index is 0. The number of aryl methyl sites for hydroxylation is 1.